The van der Waals surface area contributed by atoms with Crippen molar-refractivity contribution in [2.45, 2.75) is 31.6 Å². The first-order valence-electron chi connectivity index (χ1n) is 7.45. The van der Waals surface area contributed by atoms with Gasteiger partial charge in [-0.25, -0.2) is 9.37 Å². The van der Waals surface area contributed by atoms with Gasteiger partial charge in [-0.1, -0.05) is 0 Å². The number of carbonyl (C=O) groups excluding carboxylic acids is 1. The van der Waals surface area contributed by atoms with Crippen LogP contribution >= 0.6 is 0 Å². The fraction of sp³-hybridized carbons (Fsp3) is 0.467. The van der Waals surface area contributed by atoms with E-state index in [-0.39, 0.29) is 6.54 Å². The average Bonchev–Trinajstić information content (AvgIpc) is 3.10. The number of oxazole rings is 1. The molecule has 24 heavy (non-hydrogen) atoms. The Morgan fingerprint density at radius 2 is 2.21 bits per heavy atom. The molecule has 5 nitrogen and oxygen atoms in total. The maximum absolute atomic E-state index is 13.2. The number of alkyl halides is 3. The first-order valence-corrected chi connectivity index (χ1v) is 7.45. The van der Waals surface area contributed by atoms with Crippen LogP contribution in [0, 0.1) is 5.82 Å². The number of nitrogens with one attached hydrogen (secondary N) is 1. The van der Waals surface area contributed by atoms with E-state index >= 15 is 0 Å². The summed E-state index contributed by atoms with van der Waals surface area (Å²) in [6.45, 7) is -0.615. The smallest absolute Gasteiger partial charge is 0.405 e. The van der Waals surface area contributed by atoms with Crippen LogP contribution in [-0.2, 0) is 11.3 Å². The molecule has 1 aliphatic heterocycles. The van der Waals surface area contributed by atoms with E-state index in [4.69, 9.17) is 4.42 Å². The van der Waals surface area contributed by atoms with Crippen molar-refractivity contribution in [2.75, 3.05) is 13.1 Å². The van der Waals surface area contributed by atoms with Crippen LogP contribution in [0.4, 0.5) is 17.6 Å². The summed E-state index contributed by atoms with van der Waals surface area (Å²) in [5.41, 5.74) is 0.783. The first kappa shape index (κ1) is 16.7. The van der Waals surface area contributed by atoms with Crippen LogP contribution in [0.25, 0.3) is 11.1 Å². The Morgan fingerprint density at radius 3 is 2.96 bits per heavy atom. The first-order chi connectivity index (χ1) is 11.3. The molecule has 9 heteroatoms. The van der Waals surface area contributed by atoms with Crippen LogP contribution < -0.4 is 5.32 Å². The highest BCUT2D eigenvalue weighted by Crippen LogP contribution is 2.23. The molecule has 1 saturated heterocycles. The van der Waals surface area contributed by atoms with E-state index in [0.717, 1.165) is 0 Å². The molecule has 0 aliphatic carbocycles. The highest BCUT2D eigenvalue weighted by molar-refractivity contribution is 5.82. The van der Waals surface area contributed by atoms with E-state index in [9.17, 15) is 22.4 Å². The molecule has 2 aromatic rings. The van der Waals surface area contributed by atoms with Gasteiger partial charge in [0.05, 0.1) is 12.6 Å². The average molecular weight is 345 g/mol. The second-order valence-corrected chi connectivity index (χ2v) is 5.68. The lowest BCUT2D eigenvalue weighted by atomic mass is 10.2. The summed E-state index contributed by atoms with van der Waals surface area (Å²) in [4.78, 5) is 17.8. The van der Waals surface area contributed by atoms with Crippen LogP contribution in [0.15, 0.2) is 22.6 Å². The molecular formula is C15H15F4N3O2. The number of rotatable bonds is 4. The van der Waals surface area contributed by atoms with Crippen LogP contribution in [0.1, 0.15) is 18.7 Å². The maximum Gasteiger partial charge on any atom is 0.405 e. The van der Waals surface area contributed by atoms with E-state index in [2.05, 4.69) is 4.98 Å². The van der Waals surface area contributed by atoms with Gasteiger partial charge in [0.1, 0.15) is 17.9 Å². The standard InChI is InChI=1S/C15H15F4N3O2/c16-9-3-4-12-10(6-9)21-13(24-12)7-22-5-1-2-11(22)14(23)20-8-15(17,18)19/h3-4,6,11H,1-2,5,7-8H2,(H,20,23)/t11-/m1/s1. The fourth-order valence-electron chi connectivity index (χ4n) is 2.81. The van der Waals surface area contributed by atoms with Gasteiger partial charge in [-0.3, -0.25) is 9.69 Å². The van der Waals surface area contributed by atoms with E-state index < -0.39 is 30.5 Å². The normalized spacial score (nSPS) is 19.1. The number of aromatic nitrogens is 1. The van der Waals surface area contributed by atoms with Gasteiger partial charge in [-0.05, 0) is 31.5 Å². The van der Waals surface area contributed by atoms with Gasteiger partial charge in [0.25, 0.3) is 0 Å². The third-order valence-electron chi connectivity index (χ3n) is 3.86. The number of fused-ring (bicyclic) bond motifs is 1. The van der Waals surface area contributed by atoms with Crippen molar-refractivity contribution in [3.63, 3.8) is 0 Å². The van der Waals surface area contributed by atoms with Crippen molar-refractivity contribution in [2.24, 2.45) is 0 Å². The largest absolute Gasteiger partial charge is 0.439 e. The topological polar surface area (TPSA) is 58.4 Å². The zero-order chi connectivity index (χ0) is 17.3. The summed E-state index contributed by atoms with van der Waals surface area (Å²) < 4.78 is 55.3. The van der Waals surface area contributed by atoms with Gasteiger partial charge < -0.3 is 9.73 Å². The number of nitrogens with zero attached hydrogens (tertiary/aromatic N) is 2. The number of hydrogen-bond donors (Lipinski definition) is 1. The SMILES string of the molecule is O=C(NCC(F)(F)F)[C@H]1CCCN1Cc1nc2cc(F)ccc2o1. The minimum atomic E-state index is -4.44. The molecule has 0 unspecified atom stereocenters. The summed E-state index contributed by atoms with van der Waals surface area (Å²) in [7, 11) is 0. The van der Waals surface area contributed by atoms with E-state index in [1.54, 1.807) is 4.90 Å². The molecule has 1 N–H and O–H groups in total. The lowest BCUT2D eigenvalue weighted by Crippen LogP contribution is -2.45. The van der Waals surface area contributed by atoms with E-state index in [1.165, 1.54) is 18.2 Å². The third kappa shape index (κ3) is 3.84. The lowest BCUT2D eigenvalue weighted by Gasteiger charge is -2.22. The predicted molar refractivity (Wildman–Crippen MR) is 76.5 cm³/mol. The molecule has 3 rings (SSSR count). The Kier molecular flexibility index (Phi) is 4.44. The van der Waals surface area contributed by atoms with Crippen LogP contribution in [-0.4, -0.2) is 41.1 Å². The van der Waals surface area contributed by atoms with Crippen molar-refractivity contribution in [3.8, 4) is 0 Å². The molecule has 2 heterocycles. The molecule has 1 atom stereocenters. The summed E-state index contributed by atoms with van der Waals surface area (Å²) in [6.07, 6.45) is -3.28. The highest BCUT2D eigenvalue weighted by Gasteiger charge is 2.34. The van der Waals surface area contributed by atoms with Gasteiger partial charge >= 0.3 is 6.18 Å². The molecule has 1 fully saturated rings. The van der Waals surface area contributed by atoms with Gasteiger partial charge in [-0.15, -0.1) is 0 Å². The van der Waals surface area contributed by atoms with Crippen LogP contribution in [0.2, 0.25) is 0 Å². The van der Waals surface area contributed by atoms with Crippen molar-refractivity contribution < 1.29 is 26.8 Å². The van der Waals surface area contributed by atoms with Crippen molar-refractivity contribution in [1.82, 2.24) is 15.2 Å². The van der Waals surface area contributed by atoms with E-state index in [0.29, 0.717) is 36.4 Å². The van der Waals surface area contributed by atoms with Crippen molar-refractivity contribution >= 4 is 17.0 Å². The zero-order valence-corrected chi connectivity index (χ0v) is 12.6. The van der Waals surface area contributed by atoms with Crippen LogP contribution in [0.5, 0.6) is 0 Å². The van der Waals surface area contributed by atoms with Crippen molar-refractivity contribution in [1.29, 1.82) is 0 Å². The monoisotopic (exact) mass is 345 g/mol. The lowest BCUT2D eigenvalue weighted by molar-refractivity contribution is -0.141. The molecular weight excluding hydrogens is 330 g/mol. The van der Waals surface area contributed by atoms with Gasteiger partial charge in [0.15, 0.2) is 5.58 Å². The minimum absolute atomic E-state index is 0.181. The number of hydrogen-bond acceptors (Lipinski definition) is 4. The number of likely N-dealkylation sites (tertiary alicyclic amines) is 1. The number of halogens is 4. The molecule has 1 amide bonds. The minimum Gasteiger partial charge on any atom is -0.439 e. The molecule has 1 aromatic heterocycles. The second-order valence-electron chi connectivity index (χ2n) is 5.68. The Hall–Kier alpha value is -2.16. The van der Waals surface area contributed by atoms with Crippen molar-refractivity contribution in [3.05, 3.63) is 29.9 Å². The van der Waals surface area contributed by atoms with Crippen LogP contribution in [0.3, 0.4) is 0 Å². The van der Waals surface area contributed by atoms with Gasteiger partial charge in [0, 0.05) is 6.07 Å². The Bertz CT molecular complexity index is 744. The summed E-state index contributed by atoms with van der Waals surface area (Å²) in [5.74, 6) is -0.800. The second kappa shape index (κ2) is 6.39. The van der Waals surface area contributed by atoms with E-state index in [1.807, 2.05) is 5.32 Å². The number of carbonyl (C=O) groups is 1. The Balaban J connectivity index is 1.67. The van der Waals surface area contributed by atoms with Gasteiger partial charge in [0.2, 0.25) is 11.8 Å². The van der Waals surface area contributed by atoms with Gasteiger partial charge in [-0.2, -0.15) is 13.2 Å². The molecule has 0 bridgehead atoms. The summed E-state index contributed by atoms with van der Waals surface area (Å²) in [5, 5.41) is 1.91. The fourth-order valence-corrected chi connectivity index (χ4v) is 2.81. The zero-order valence-electron chi connectivity index (χ0n) is 12.6. The third-order valence-corrected chi connectivity index (χ3v) is 3.86. The molecule has 0 saturated carbocycles. The maximum atomic E-state index is 13.2. The molecule has 1 aliphatic rings. The summed E-state index contributed by atoms with van der Waals surface area (Å²) >= 11 is 0. The Morgan fingerprint density at radius 1 is 1.42 bits per heavy atom. The number of benzene rings is 1. The molecule has 1 aromatic carbocycles. The summed E-state index contributed by atoms with van der Waals surface area (Å²) in [6, 6.07) is 3.29. The Labute approximate surface area is 134 Å². The molecule has 130 valence electrons. The molecule has 0 radical (unpaired) electrons. The number of amides is 1. The highest BCUT2D eigenvalue weighted by atomic mass is 19.4. The molecule has 0 spiro atoms. The quantitative estimate of drug-likeness (QED) is 0.866. The predicted octanol–water partition coefficient (Wildman–Crippen LogP) is 2.61.